The van der Waals surface area contributed by atoms with E-state index in [0.29, 0.717) is 11.9 Å². The normalized spacial score (nSPS) is 19.9. The van der Waals surface area contributed by atoms with Gasteiger partial charge in [-0.1, -0.05) is 0 Å². The molecule has 2 aliphatic heterocycles. The summed E-state index contributed by atoms with van der Waals surface area (Å²) in [5, 5.41) is 18.8. The van der Waals surface area contributed by atoms with E-state index in [9.17, 15) is 18.0 Å². The number of hydrogen-bond acceptors (Lipinski definition) is 7. The number of nitrogens with one attached hydrogen (secondary N) is 1. The first-order valence-corrected chi connectivity index (χ1v) is 12.6. The van der Waals surface area contributed by atoms with E-state index in [1.54, 1.807) is 11.3 Å². The van der Waals surface area contributed by atoms with E-state index in [2.05, 4.69) is 36.9 Å². The molecular weight excluding hydrogens is 485 g/mol. The number of rotatable bonds is 4. The van der Waals surface area contributed by atoms with Crippen molar-refractivity contribution in [1.29, 1.82) is 0 Å². The third kappa shape index (κ3) is 6.00. The maximum atomic E-state index is 12.7. The average Bonchev–Trinajstić information content (AvgIpc) is 3.38. The van der Waals surface area contributed by atoms with Crippen molar-refractivity contribution in [2.45, 2.75) is 77.2 Å². The van der Waals surface area contributed by atoms with Gasteiger partial charge < -0.3 is 15.0 Å². The molecular formula is C22H29F3N6O3S. The van der Waals surface area contributed by atoms with Gasteiger partial charge in [-0.3, -0.25) is 9.69 Å². The summed E-state index contributed by atoms with van der Waals surface area (Å²) >= 11 is 1.76. The fraction of sp³-hybridized carbons (Fsp3) is 0.682. The first kappa shape index (κ1) is 25.5. The predicted molar refractivity (Wildman–Crippen MR) is 121 cm³/mol. The highest BCUT2D eigenvalue weighted by molar-refractivity contribution is 7.09. The summed E-state index contributed by atoms with van der Waals surface area (Å²) < 4.78 is 33.8. The van der Waals surface area contributed by atoms with Crippen LogP contribution in [0.5, 0.6) is 0 Å². The van der Waals surface area contributed by atoms with Crippen LogP contribution < -0.4 is 5.32 Å². The van der Waals surface area contributed by atoms with Crippen molar-refractivity contribution < 1.29 is 27.9 Å². The summed E-state index contributed by atoms with van der Waals surface area (Å²) in [6.07, 6.45) is 2.74. The molecule has 1 saturated carbocycles. The van der Waals surface area contributed by atoms with Crippen LogP contribution >= 0.6 is 11.3 Å². The van der Waals surface area contributed by atoms with Gasteiger partial charge in [-0.2, -0.15) is 13.2 Å². The number of alkyl halides is 3. The Balaban J connectivity index is 0.000000364. The van der Waals surface area contributed by atoms with E-state index in [1.807, 2.05) is 5.51 Å². The van der Waals surface area contributed by atoms with Gasteiger partial charge in [-0.05, 0) is 64.0 Å². The van der Waals surface area contributed by atoms with Crippen LogP contribution in [-0.2, 0) is 24.3 Å². The van der Waals surface area contributed by atoms with E-state index in [1.165, 1.54) is 29.8 Å². The fourth-order valence-electron chi connectivity index (χ4n) is 4.72. The summed E-state index contributed by atoms with van der Waals surface area (Å²) in [5.41, 5.74) is 3.39. The van der Waals surface area contributed by atoms with E-state index in [-0.39, 0.29) is 11.3 Å². The number of aryl methyl sites for hydroxylation is 2. The van der Waals surface area contributed by atoms with Crippen molar-refractivity contribution in [3.63, 3.8) is 0 Å². The number of nitrogens with zero attached hydrogens (tertiary/aromatic N) is 5. The Morgan fingerprint density at radius 1 is 1.23 bits per heavy atom. The monoisotopic (exact) mass is 514 g/mol. The highest BCUT2D eigenvalue weighted by Gasteiger charge is 2.40. The smallest absolute Gasteiger partial charge is 0.475 e. The molecule has 192 valence electrons. The van der Waals surface area contributed by atoms with Crippen LogP contribution in [0.15, 0.2) is 5.51 Å². The van der Waals surface area contributed by atoms with Crippen molar-refractivity contribution in [2.24, 2.45) is 5.41 Å². The van der Waals surface area contributed by atoms with Crippen molar-refractivity contribution in [2.75, 3.05) is 13.1 Å². The molecule has 0 radical (unpaired) electrons. The standard InChI is InChI=1S/C20H28N6OS.C2HF3O2/c1-14-16(28-13-21-14)11-25-9-7-20(8-10-25)6-5-17-23-24-18(26(17)12-20)19(27)22-15-3-2-4-15;3-2(4,5)1(6)7/h13,15H,2-12H2,1H3,(H,22,27);(H,6,7). The SMILES string of the molecule is Cc1ncsc1CN1CCC2(CCc3nnc(C(=O)NC4CCC4)n3C2)CC1.O=C(O)C(F)(F)F. The molecule has 1 saturated heterocycles. The number of piperidine rings is 1. The van der Waals surface area contributed by atoms with E-state index >= 15 is 0 Å². The Labute approximate surface area is 204 Å². The molecule has 0 atom stereocenters. The molecule has 13 heteroatoms. The molecule has 1 amide bonds. The molecule has 2 fully saturated rings. The fourth-order valence-corrected chi connectivity index (χ4v) is 5.54. The van der Waals surface area contributed by atoms with E-state index < -0.39 is 12.1 Å². The molecule has 4 heterocycles. The minimum Gasteiger partial charge on any atom is -0.475 e. The van der Waals surface area contributed by atoms with Crippen molar-refractivity contribution in [1.82, 2.24) is 30.0 Å². The van der Waals surface area contributed by atoms with Gasteiger partial charge in [0.1, 0.15) is 5.82 Å². The van der Waals surface area contributed by atoms with E-state index in [0.717, 1.165) is 57.7 Å². The Morgan fingerprint density at radius 3 is 2.46 bits per heavy atom. The third-order valence-electron chi connectivity index (χ3n) is 7.21. The van der Waals surface area contributed by atoms with Crippen LogP contribution in [0.25, 0.3) is 0 Å². The lowest BCUT2D eigenvalue weighted by Crippen LogP contribution is -2.45. The minimum atomic E-state index is -5.08. The quantitative estimate of drug-likeness (QED) is 0.644. The molecule has 2 aromatic heterocycles. The van der Waals surface area contributed by atoms with Crippen LogP contribution in [0.4, 0.5) is 13.2 Å². The number of halogens is 3. The van der Waals surface area contributed by atoms with Gasteiger partial charge >= 0.3 is 12.1 Å². The number of thiazole rings is 1. The Kier molecular flexibility index (Phi) is 7.46. The maximum absolute atomic E-state index is 12.7. The number of carboxylic acids is 1. The second kappa shape index (κ2) is 10.2. The van der Waals surface area contributed by atoms with Gasteiger partial charge in [-0.15, -0.1) is 21.5 Å². The molecule has 3 aliphatic rings. The molecule has 5 rings (SSSR count). The summed E-state index contributed by atoms with van der Waals surface area (Å²) in [4.78, 5) is 29.9. The first-order chi connectivity index (χ1) is 16.6. The summed E-state index contributed by atoms with van der Waals surface area (Å²) in [6.45, 7) is 6.22. The maximum Gasteiger partial charge on any atom is 0.490 e. The zero-order valence-corrected chi connectivity index (χ0v) is 20.3. The zero-order chi connectivity index (χ0) is 25.2. The largest absolute Gasteiger partial charge is 0.490 e. The number of aliphatic carboxylic acids is 1. The van der Waals surface area contributed by atoms with Gasteiger partial charge in [0.15, 0.2) is 0 Å². The summed E-state index contributed by atoms with van der Waals surface area (Å²) in [6, 6.07) is 0.330. The molecule has 0 aromatic carbocycles. The number of carbonyl (C=O) groups is 2. The zero-order valence-electron chi connectivity index (χ0n) is 19.5. The number of carbonyl (C=O) groups excluding carboxylic acids is 1. The number of aromatic nitrogens is 4. The van der Waals surface area contributed by atoms with Crippen LogP contribution in [0.3, 0.4) is 0 Å². The van der Waals surface area contributed by atoms with Crippen molar-refractivity contribution in [3.05, 3.63) is 27.7 Å². The predicted octanol–water partition coefficient (Wildman–Crippen LogP) is 3.19. The van der Waals surface area contributed by atoms with Gasteiger partial charge in [0, 0.05) is 30.4 Å². The molecule has 35 heavy (non-hydrogen) atoms. The van der Waals surface area contributed by atoms with Crippen LogP contribution in [0.2, 0.25) is 0 Å². The lowest BCUT2D eigenvalue weighted by molar-refractivity contribution is -0.192. The number of carboxylic acid groups (broad SMARTS) is 1. The molecule has 0 bridgehead atoms. The number of hydrogen-bond donors (Lipinski definition) is 2. The average molecular weight is 515 g/mol. The highest BCUT2D eigenvalue weighted by atomic mass is 32.1. The van der Waals surface area contributed by atoms with Gasteiger partial charge in [0.05, 0.1) is 11.2 Å². The van der Waals surface area contributed by atoms with E-state index in [4.69, 9.17) is 9.90 Å². The van der Waals surface area contributed by atoms with Crippen molar-refractivity contribution >= 4 is 23.2 Å². The van der Waals surface area contributed by atoms with Crippen LogP contribution in [-0.4, -0.2) is 66.9 Å². The molecule has 2 N–H and O–H groups in total. The van der Waals surface area contributed by atoms with Crippen LogP contribution in [0, 0.1) is 12.3 Å². The molecule has 9 nitrogen and oxygen atoms in total. The van der Waals surface area contributed by atoms with Crippen LogP contribution in [0.1, 0.15) is 65.5 Å². The third-order valence-corrected chi connectivity index (χ3v) is 8.13. The number of amides is 1. The molecule has 1 aliphatic carbocycles. The first-order valence-electron chi connectivity index (χ1n) is 11.7. The Hall–Kier alpha value is -2.54. The molecule has 2 aromatic rings. The lowest BCUT2D eigenvalue weighted by atomic mass is 9.73. The second-order valence-corrected chi connectivity index (χ2v) is 10.5. The van der Waals surface area contributed by atoms with Gasteiger partial charge in [0.2, 0.25) is 5.82 Å². The molecule has 1 spiro atoms. The van der Waals surface area contributed by atoms with Gasteiger partial charge in [-0.25, -0.2) is 9.78 Å². The Bertz CT molecular complexity index is 1060. The number of fused-ring (bicyclic) bond motifs is 1. The lowest BCUT2D eigenvalue weighted by Gasteiger charge is -2.44. The molecule has 0 unspecified atom stereocenters. The highest BCUT2D eigenvalue weighted by Crippen LogP contribution is 2.41. The second-order valence-electron chi connectivity index (χ2n) is 9.57. The van der Waals surface area contributed by atoms with Crippen molar-refractivity contribution in [3.8, 4) is 0 Å². The number of likely N-dealkylation sites (tertiary alicyclic amines) is 1. The Morgan fingerprint density at radius 2 is 1.91 bits per heavy atom. The minimum absolute atomic E-state index is 0.0430. The summed E-state index contributed by atoms with van der Waals surface area (Å²) in [7, 11) is 0. The topological polar surface area (TPSA) is 113 Å². The summed E-state index contributed by atoms with van der Waals surface area (Å²) in [5.74, 6) is -1.30. The van der Waals surface area contributed by atoms with Gasteiger partial charge in [0.25, 0.3) is 5.91 Å².